The summed E-state index contributed by atoms with van der Waals surface area (Å²) in [5.74, 6) is 2.40. The number of fused-ring (bicyclic) bond motifs is 2. The van der Waals surface area contributed by atoms with E-state index in [1.54, 1.807) is 0 Å². The number of halogens is 1. The first kappa shape index (κ1) is 11.4. The summed E-state index contributed by atoms with van der Waals surface area (Å²) in [6.45, 7) is 4.33. The van der Waals surface area contributed by atoms with Crippen molar-refractivity contribution in [3.8, 4) is 11.5 Å². The number of hydrogen-bond acceptors (Lipinski definition) is 3. The molecule has 17 heavy (non-hydrogen) atoms. The van der Waals surface area contributed by atoms with Crippen LogP contribution in [0.3, 0.4) is 0 Å². The number of ether oxygens (including phenoxy) is 2. The van der Waals surface area contributed by atoms with E-state index in [0.29, 0.717) is 12.5 Å². The minimum absolute atomic E-state index is 0.324. The van der Waals surface area contributed by atoms with Crippen LogP contribution in [0.15, 0.2) is 4.47 Å². The Labute approximate surface area is 109 Å². The van der Waals surface area contributed by atoms with Gasteiger partial charge in [0.05, 0.1) is 17.7 Å². The molecule has 92 valence electrons. The van der Waals surface area contributed by atoms with Gasteiger partial charge in [-0.25, -0.2) is 0 Å². The van der Waals surface area contributed by atoms with Gasteiger partial charge >= 0.3 is 0 Å². The molecule has 2 aliphatic heterocycles. The molecule has 1 aromatic rings. The quantitative estimate of drug-likeness (QED) is 0.911. The summed E-state index contributed by atoms with van der Waals surface area (Å²) in [6.07, 6.45) is 1.92. The summed E-state index contributed by atoms with van der Waals surface area (Å²) in [4.78, 5) is 0. The zero-order valence-electron chi connectivity index (χ0n) is 9.88. The topological polar surface area (TPSA) is 44.5 Å². The molecule has 0 aromatic heterocycles. The lowest BCUT2D eigenvalue weighted by Crippen LogP contribution is -2.12. The third kappa shape index (κ3) is 1.58. The van der Waals surface area contributed by atoms with E-state index in [-0.39, 0.29) is 0 Å². The van der Waals surface area contributed by atoms with Crippen LogP contribution in [0.4, 0.5) is 0 Å². The normalized spacial score (nSPS) is 18.3. The third-order valence-electron chi connectivity index (χ3n) is 3.63. The standard InChI is InChI=1S/C13H16BrNO2/c1-7(6-15)10-8-2-4-17-13(8)11(14)9-3-5-16-12(9)10/h7H,2-6,15H2,1H3. The third-order valence-corrected chi connectivity index (χ3v) is 4.46. The van der Waals surface area contributed by atoms with Gasteiger partial charge in [0.25, 0.3) is 0 Å². The Morgan fingerprint density at radius 1 is 1.18 bits per heavy atom. The van der Waals surface area contributed by atoms with Crippen LogP contribution in [0.2, 0.25) is 0 Å². The van der Waals surface area contributed by atoms with Gasteiger partial charge in [-0.05, 0) is 28.4 Å². The Bertz CT molecular complexity index is 438. The smallest absolute Gasteiger partial charge is 0.137 e. The van der Waals surface area contributed by atoms with E-state index in [4.69, 9.17) is 15.2 Å². The van der Waals surface area contributed by atoms with E-state index in [9.17, 15) is 0 Å². The summed E-state index contributed by atoms with van der Waals surface area (Å²) < 4.78 is 12.7. The summed E-state index contributed by atoms with van der Waals surface area (Å²) in [5, 5.41) is 0. The van der Waals surface area contributed by atoms with Crippen molar-refractivity contribution in [3.05, 3.63) is 21.2 Å². The van der Waals surface area contributed by atoms with Crippen molar-refractivity contribution in [1.82, 2.24) is 0 Å². The predicted molar refractivity (Wildman–Crippen MR) is 70.0 cm³/mol. The van der Waals surface area contributed by atoms with Crippen molar-refractivity contribution >= 4 is 15.9 Å². The molecule has 0 fully saturated rings. The monoisotopic (exact) mass is 297 g/mol. The predicted octanol–water partition coefficient (Wildman–Crippen LogP) is 2.38. The van der Waals surface area contributed by atoms with Gasteiger partial charge in [-0.15, -0.1) is 0 Å². The van der Waals surface area contributed by atoms with Gasteiger partial charge in [0.1, 0.15) is 11.5 Å². The minimum atomic E-state index is 0.324. The summed E-state index contributed by atoms with van der Waals surface area (Å²) in [7, 11) is 0. The molecule has 0 bridgehead atoms. The van der Waals surface area contributed by atoms with Crippen LogP contribution < -0.4 is 15.2 Å². The van der Waals surface area contributed by atoms with E-state index >= 15 is 0 Å². The highest BCUT2D eigenvalue weighted by molar-refractivity contribution is 9.10. The van der Waals surface area contributed by atoms with E-state index in [2.05, 4.69) is 22.9 Å². The molecule has 0 amide bonds. The van der Waals surface area contributed by atoms with Crippen LogP contribution in [0.25, 0.3) is 0 Å². The molecule has 0 aliphatic carbocycles. The van der Waals surface area contributed by atoms with Gasteiger partial charge in [-0.2, -0.15) is 0 Å². The first-order valence-electron chi connectivity index (χ1n) is 6.06. The average Bonchev–Trinajstić information content (AvgIpc) is 2.96. The summed E-state index contributed by atoms with van der Waals surface area (Å²) in [6, 6.07) is 0. The zero-order valence-corrected chi connectivity index (χ0v) is 11.5. The fraction of sp³-hybridized carbons (Fsp3) is 0.538. The van der Waals surface area contributed by atoms with Gasteiger partial charge in [-0.1, -0.05) is 6.92 Å². The molecular weight excluding hydrogens is 282 g/mol. The van der Waals surface area contributed by atoms with Crippen LogP contribution in [-0.2, 0) is 12.8 Å². The second-order valence-electron chi connectivity index (χ2n) is 4.68. The van der Waals surface area contributed by atoms with Crippen LogP contribution >= 0.6 is 15.9 Å². The zero-order chi connectivity index (χ0) is 12.0. The van der Waals surface area contributed by atoms with Gasteiger partial charge in [0, 0.05) is 29.5 Å². The molecule has 2 N–H and O–H groups in total. The van der Waals surface area contributed by atoms with Crippen molar-refractivity contribution in [2.75, 3.05) is 19.8 Å². The van der Waals surface area contributed by atoms with Crippen LogP contribution in [0.1, 0.15) is 29.5 Å². The van der Waals surface area contributed by atoms with E-state index in [0.717, 1.165) is 42.0 Å². The SMILES string of the molecule is CC(CN)c1c2c(c(Br)c3c1OCC3)OCC2. The van der Waals surface area contributed by atoms with E-state index < -0.39 is 0 Å². The van der Waals surface area contributed by atoms with Crippen LogP contribution in [0, 0.1) is 0 Å². The molecule has 0 saturated carbocycles. The highest BCUT2D eigenvalue weighted by atomic mass is 79.9. The molecular formula is C13H16BrNO2. The Morgan fingerprint density at radius 3 is 2.53 bits per heavy atom. The van der Waals surface area contributed by atoms with Crippen molar-refractivity contribution < 1.29 is 9.47 Å². The average molecular weight is 298 g/mol. The van der Waals surface area contributed by atoms with Gasteiger partial charge in [0.2, 0.25) is 0 Å². The molecule has 0 radical (unpaired) electrons. The van der Waals surface area contributed by atoms with Crippen molar-refractivity contribution in [1.29, 1.82) is 0 Å². The lowest BCUT2D eigenvalue weighted by molar-refractivity contribution is 0.351. The number of hydrogen-bond donors (Lipinski definition) is 1. The second kappa shape index (κ2) is 4.18. The molecule has 0 spiro atoms. The van der Waals surface area contributed by atoms with Gasteiger partial charge in [0.15, 0.2) is 0 Å². The van der Waals surface area contributed by atoms with Crippen molar-refractivity contribution in [3.63, 3.8) is 0 Å². The largest absolute Gasteiger partial charge is 0.493 e. The summed E-state index contributed by atoms with van der Waals surface area (Å²) >= 11 is 3.65. The molecule has 4 heteroatoms. The molecule has 2 heterocycles. The fourth-order valence-corrected chi connectivity index (χ4v) is 3.46. The molecule has 1 atom stereocenters. The Kier molecular flexibility index (Phi) is 2.79. The lowest BCUT2D eigenvalue weighted by atomic mass is 9.91. The van der Waals surface area contributed by atoms with E-state index in [1.165, 1.54) is 16.7 Å². The van der Waals surface area contributed by atoms with E-state index in [1.807, 2.05) is 0 Å². The molecule has 0 saturated heterocycles. The lowest BCUT2D eigenvalue weighted by Gasteiger charge is -2.18. The molecule has 3 rings (SSSR count). The molecule has 1 unspecified atom stereocenters. The highest BCUT2D eigenvalue weighted by Crippen LogP contribution is 2.49. The first-order chi connectivity index (χ1) is 8.24. The Hall–Kier alpha value is -0.740. The molecule has 1 aromatic carbocycles. The first-order valence-corrected chi connectivity index (χ1v) is 6.86. The minimum Gasteiger partial charge on any atom is -0.493 e. The van der Waals surface area contributed by atoms with Crippen LogP contribution in [0.5, 0.6) is 11.5 Å². The maximum Gasteiger partial charge on any atom is 0.137 e. The Morgan fingerprint density at radius 2 is 1.82 bits per heavy atom. The summed E-state index contributed by atoms with van der Waals surface area (Å²) in [5.41, 5.74) is 9.63. The fourth-order valence-electron chi connectivity index (χ4n) is 2.73. The van der Waals surface area contributed by atoms with Crippen LogP contribution in [-0.4, -0.2) is 19.8 Å². The maximum atomic E-state index is 5.82. The number of rotatable bonds is 2. The van der Waals surface area contributed by atoms with Gasteiger partial charge in [-0.3, -0.25) is 0 Å². The van der Waals surface area contributed by atoms with Crippen molar-refractivity contribution in [2.45, 2.75) is 25.7 Å². The molecule has 2 aliphatic rings. The maximum absolute atomic E-state index is 5.82. The Balaban J connectivity index is 2.26. The molecule has 3 nitrogen and oxygen atoms in total. The number of benzene rings is 1. The number of nitrogens with two attached hydrogens (primary N) is 1. The van der Waals surface area contributed by atoms with Gasteiger partial charge < -0.3 is 15.2 Å². The van der Waals surface area contributed by atoms with Crippen molar-refractivity contribution in [2.24, 2.45) is 5.73 Å². The second-order valence-corrected chi connectivity index (χ2v) is 5.47. The highest BCUT2D eigenvalue weighted by Gasteiger charge is 2.31.